The van der Waals surface area contributed by atoms with Gasteiger partial charge < -0.3 is 14.4 Å². The normalized spacial score (nSPS) is 18.3. The molecule has 4 rings (SSSR count). The average Bonchev–Trinajstić information content (AvgIpc) is 3.29. The van der Waals surface area contributed by atoms with Crippen LogP contribution in [-0.4, -0.2) is 29.1 Å². The van der Waals surface area contributed by atoms with Crippen molar-refractivity contribution >= 4 is 23.3 Å². The summed E-state index contributed by atoms with van der Waals surface area (Å²) in [4.78, 5) is 27.1. The highest BCUT2D eigenvalue weighted by atomic mass is 16.5. The maximum atomic E-state index is 12.9. The molecule has 1 aliphatic rings. The lowest BCUT2D eigenvalue weighted by Crippen LogP contribution is -2.29. The van der Waals surface area contributed by atoms with Crippen LogP contribution in [0.2, 0.25) is 0 Å². The van der Waals surface area contributed by atoms with Gasteiger partial charge in [0.1, 0.15) is 17.3 Å². The standard InChI is InChI=1S/C22H18N2O5/c1-13-12-17(23-29-13)24-19(14-8-10-16(28-2)11-9-14)18(21(26)22(24)27)20(25)15-6-4-3-5-7-15/h3-12,19,25H,1-2H3. The van der Waals surface area contributed by atoms with Gasteiger partial charge in [0, 0.05) is 11.6 Å². The molecule has 2 aromatic carbocycles. The smallest absolute Gasteiger partial charge is 0.301 e. The van der Waals surface area contributed by atoms with E-state index >= 15 is 0 Å². The van der Waals surface area contributed by atoms with E-state index in [0.717, 1.165) is 0 Å². The molecule has 2 heterocycles. The number of aliphatic hydroxyl groups excluding tert-OH is 1. The van der Waals surface area contributed by atoms with Crippen molar-refractivity contribution in [3.05, 3.63) is 83.1 Å². The molecule has 0 aliphatic carbocycles. The Morgan fingerprint density at radius 1 is 1.10 bits per heavy atom. The monoisotopic (exact) mass is 390 g/mol. The van der Waals surface area contributed by atoms with Crippen molar-refractivity contribution in [2.24, 2.45) is 0 Å². The van der Waals surface area contributed by atoms with Crippen molar-refractivity contribution in [1.82, 2.24) is 5.16 Å². The van der Waals surface area contributed by atoms with E-state index in [1.165, 1.54) is 4.90 Å². The van der Waals surface area contributed by atoms with Crippen molar-refractivity contribution in [1.29, 1.82) is 0 Å². The van der Waals surface area contributed by atoms with Gasteiger partial charge in [-0.25, -0.2) is 0 Å². The van der Waals surface area contributed by atoms with E-state index in [4.69, 9.17) is 9.26 Å². The predicted octanol–water partition coefficient (Wildman–Crippen LogP) is 3.62. The lowest BCUT2D eigenvalue weighted by Gasteiger charge is -2.23. The second kappa shape index (κ2) is 7.27. The summed E-state index contributed by atoms with van der Waals surface area (Å²) in [5.41, 5.74) is 1.07. The van der Waals surface area contributed by atoms with Crippen LogP contribution in [0.4, 0.5) is 5.82 Å². The van der Waals surface area contributed by atoms with Crippen molar-refractivity contribution in [3.63, 3.8) is 0 Å². The van der Waals surface area contributed by atoms with E-state index in [0.29, 0.717) is 22.6 Å². The maximum Gasteiger partial charge on any atom is 0.301 e. The van der Waals surface area contributed by atoms with Gasteiger partial charge in [-0.15, -0.1) is 0 Å². The zero-order valence-electron chi connectivity index (χ0n) is 15.8. The van der Waals surface area contributed by atoms with Gasteiger partial charge in [0.2, 0.25) is 0 Å². The van der Waals surface area contributed by atoms with Gasteiger partial charge in [0.15, 0.2) is 5.82 Å². The van der Waals surface area contributed by atoms with Crippen LogP contribution in [0.15, 0.2) is 70.8 Å². The molecule has 1 fully saturated rings. The van der Waals surface area contributed by atoms with Gasteiger partial charge in [0.25, 0.3) is 5.78 Å². The number of carbonyl (C=O) groups excluding carboxylic acids is 2. The number of methoxy groups -OCH3 is 1. The number of aromatic nitrogens is 1. The number of nitrogens with zero attached hydrogens (tertiary/aromatic N) is 2. The molecule has 1 atom stereocenters. The summed E-state index contributed by atoms with van der Waals surface area (Å²) in [6.07, 6.45) is 0. The molecule has 0 bridgehead atoms. The van der Waals surface area contributed by atoms with E-state index in [1.54, 1.807) is 74.7 Å². The number of hydrogen-bond acceptors (Lipinski definition) is 6. The number of hydrogen-bond donors (Lipinski definition) is 1. The molecule has 1 saturated heterocycles. The fraction of sp³-hybridized carbons (Fsp3) is 0.136. The van der Waals surface area contributed by atoms with Gasteiger partial charge in [-0.1, -0.05) is 47.6 Å². The Morgan fingerprint density at radius 3 is 2.38 bits per heavy atom. The molecular formula is C22H18N2O5. The predicted molar refractivity (Wildman–Crippen MR) is 105 cm³/mol. The van der Waals surface area contributed by atoms with Crippen molar-refractivity contribution in [3.8, 4) is 5.75 Å². The van der Waals surface area contributed by atoms with Crippen LogP contribution in [0.3, 0.4) is 0 Å². The Bertz CT molecular complexity index is 1100. The summed E-state index contributed by atoms with van der Waals surface area (Å²) in [6, 6.07) is 16.3. The lowest BCUT2D eigenvalue weighted by molar-refractivity contribution is -0.132. The van der Waals surface area contributed by atoms with Gasteiger partial charge in [-0.2, -0.15) is 0 Å². The number of rotatable bonds is 4. The Labute approximate surface area is 166 Å². The number of Topliss-reactive ketones (excluding diaryl/α,β-unsaturated/α-hetero) is 1. The van der Waals surface area contributed by atoms with Gasteiger partial charge in [-0.05, 0) is 24.6 Å². The summed E-state index contributed by atoms with van der Waals surface area (Å²) < 4.78 is 10.3. The fourth-order valence-electron chi connectivity index (χ4n) is 3.39. The second-order valence-corrected chi connectivity index (χ2v) is 6.60. The van der Waals surface area contributed by atoms with E-state index in [9.17, 15) is 14.7 Å². The summed E-state index contributed by atoms with van der Waals surface area (Å²) in [5, 5.41) is 14.8. The van der Waals surface area contributed by atoms with Crippen molar-refractivity contribution < 1.29 is 24.0 Å². The Hall–Kier alpha value is -3.87. The van der Waals surface area contributed by atoms with Gasteiger partial charge in [0.05, 0.1) is 18.7 Å². The highest BCUT2D eigenvalue weighted by Crippen LogP contribution is 2.42. The number of benzene rings is 2. The average molecular weight is 390 g/mol. The third kappa shape index (κ3) is 3.16. The molecule has 1 amide bonds. The molecule has 1 aromatic heterocycles. The van der Waals surface area contributed by atoms with Gasteiger partial charge in [-0.3, -0.25) is 14.5 Å². The molecule has 1 N–H and O–H groups in total. The van der Waals surface area contributed by atoms with Crippen LogP contribution >= 0.6 is 0 Å². The zero-order chi connectivity index (χ0) is 20.5. The number of carbonyl (C=O) groups is 2. The van der Waals surface area contributed by atoms with E-state index < -0.39 is 17.7 Å². The zero-order valence-corrected chi connectivity index (χ0v) is 15.8. The van der Waals surface area contributed by atoms with Crippen LogP contribution in [0.1, 0.15) is 22.9 Å². The van der Waals surface area contributed by atoms with E-state index in [1.807, 2.05) is 0 Å². The molecule has 7 heteroatoms. The number of anilines is 1. The second-order valence-electron chi connectivity index (χ2n) is 6.60. The topological polar surface area (TPSA) is 92.9 Å². The summed E-state index contributed by atoms with van der Waals surface area (Å²) in [7, 11) is 1.55. The van der Waals surface area contributed by atoms with Gasteiger partial charge >= 0.3 is 5.91 Å². The highest BCUT2D eigenvalue weighted by Gasteiger charge is 2.48. The Kier molecular flexibility index (Phi) is 4.64. The van der Waals surface area contributed by atoms with Crippen molar-refractivity contribution in [2.75, 3.05) is 12.0 Å². The minimum absolute atomic E-state index is 0.00739. The maximum absolute atomic E-state index is 12.9. The van der Waals surface area contributed by atoms with E-state index in [2.05, 4.69) is 5.16 Å². The molecule has 146 valence electrons. The molecule has 1 unspecified atom stereocenters. The quantitative estimate of drug-likeness (QED) is 0.416. The number of aryl methyl sites for hydroxylation is 1. The first-order valence-electron chi connectivity index (χ1n) is 8.95. The van der Waals surface area contributed by atoms with Crippen LogP contribution < -0.4 is 9.64 Å². The molecule has 0 saturated carbocycles. The number of amides is 1. The minimum Gasteiger partial charge on any atom is -0.507 e. The number of ether oxygens (including phenoxy) is 1. The molecule has 3 aromatic rings. The largest absolute Gasteiger partial charge is 0.507 e. The fourth-order valence-corrected chi connectivity index (χ4v) is 3.39. The molecular weight excluding hydrogens is 372 g/mol. The lowest BCUT2D eigenvalue weighted by atomic mass is 9.95. The molecule has 0 radical (unpaired) electrons. The first kappa shape index (κ1) is 18.5. The van der Waals surface area contributed by atoms with Crippen LogP contribution in [-0.2, 0) is 9.59 Å². The minimum atomic E-state index is -0.856. The van der Waals surface area contributed by atoms with Crippen LogP contribution in [0.25, 0.3) is 5.76 Å². The van der Waals surface area contributed by atoms with Crippen molar-refractivity contribution in [2.45, 2.75) is 13.0 Å². The first-order valence-corrected chi connectivity index (χ1v) is 8.95. The van der Waals surface area contributed by atoms with Crippen LogP contribution in [0, 0.1) is 6.92 Å². The molecule has 1 aliphatic heterocycles. The number of ketones is 1. The highest BCUT2D eigenvalue weighted by molar-refractivity contribution is 6.51. The first-order chi connectivity index (χ1) is 14.0. The molecule has 7 nitrogen and oxygen atoms in total. The van der Waals surface area contributed by atoms with E-state index in [-0.39, 0.29) is 17.2 Å². The summed E-state index contributed by atoms with van der Waals surface area (Å²) >= 11 is 0. The molecule has 29 heavy (non-hydrogen) atoms. The Balaban J connectivity index is 1.92. The third-order valence-corrected chi connectivity index (χ3v) is 4.79. The third-order valence-electron chi connectivity index (χ3n) is 4.79. The molecule has 0 spiro atoms. The summed E-state index contributed by atoms with van der Waals surface area (Å²) in [5.74, 6) is -0.473. The Morgan fingerprint density at radius 2 is 1.79 bits per heavy atom. The SMILES string of the molecule is COc1ccc(C2C(=C(O)c3ccccc3)C(=O)C(=O)N2c2cc(C)on2)cc1. The summed E-state index contributed by atoms with van der Waals surface area (Å²) in [6.45, 7) is 1.69. The number of aliphatic hydroxyl groups is 1. The van der Waals surface area contributed by atoms with Crippen LogP contribution in [0.5, 0.6) is 5.75 Å².